The van der Waals surface area contributed by atoms with Gasteiger partial charge in [-0.2, -0.15) is 0 Å². The molecule has 0 aliphatic rings. The maximum absolute atomic E-state index is 12.5. The second-order valence-electron chi connectivity index (χ2n) is 5.98. The van der Waals surface area contributed by atoms with Crippen molar-refractivity contribution in [2.24, 2.45) is 0 Å². The SMILES string of the molecule is COc1ccc(OC)c(-c2cc(C(=O)NCc3ccccc3OC(F)(F)F)no2)c1. The van der Waals surface area contributed by atoms with Crippen LogP contribution in [0.2, 0.25) is 0 Å². The lowest BCUT2D eigenvalue weighted by molar-refractivity contribution is -0.274. The van der Waals surface area contributed by atoms with Gasteiger partial charge in [-0.15, -0.1) is 13.2 Å². The smallest absolute Gasteiger partial charge is 0.497 e. The Morgan fingerprint density at radius 2 is 1.83 bits per heavy atom. The minimum atomic E-state index is -4.84. The molecule has 10 heteroatoms. The highest BCUT2D eigenvalue weighted by Gasteiger charge is 2.32. The minimum Gasteiger partial charge on any atom is -0.497 e. The largest absolute Gasteiger partial charge is 0.573 e. The fourth-order valence-electron chi connectivity index (χ4n) is 2.66. The van der Waals surface area contributed by atoms with Crippen molar-refractivity contribution in [3.05, 3.63) is 59.8 Å². The topological polar surface area (TPSA) is 82.8 Å². The summed E-state index contributed by atoms with van der Waals surface area (Å²) in [5, 5.41) is 6.22. The maximum atomic E-state index is 12.5. The molecule has 0 atom stereocenters. The van der Waals surface area contributed by atoms with Crippen LogP contribution in [-0.2, 0) is 6.54 Å². The van der Waals surface area contributed by atoms with Crippen molar-refractivity contribution in [2.75, 3.05) is 14.2 Å². The predicted molar refractivity (Wildman–Crippen MR) is 99.3 cm³/mol. The number of para-hydroxylation sites is 1. The van der Waals surface area contributed by atoms with Crippen LogP contribution in [0.15, 0.2) is 53.1 Å². The van der Waals surface area contributed by atoms with E-state index in [1.165, 1.54) is 38.5 Å². The lowest BCUT2D eigenvalue weighted by atomic mass is 10.1. The molecule has 0 bridgehead atoms. The first-order chi connectivity index (χ1) is 14.3. The molecular weight excluding hydrogens is 405 g/mol. The third-order valence-corrected chi connectivity index (χ3v) is 4.05. The number of carbonyl (C=O) groups is 1. The lowest BCUT2D eigenvalue weighted by Gasteiger charge is -2.13. The first kappa shape index (κ1) is 21.0. The van der Waals surface area contributed by atoms with Crippen LogP contribution in [0.5, 0.6) is 17.2 Å². The number of methoxy groups -OCH3 is 2. The lowest BCUT2D eigenvalue weighted by Crippen LogP contribution is -2.24. The Labute approximate surface area is 169 Å². The van der Waals surface area contributed by atoms with Crippen LogP contribution in [0.25, 0.3) is 11.3 Å². The van der Waals surface area contributed by atoms with E-state index < -0.39 is 18.0 Å². The van der Waals surface area contributed by atoms with Gasteiger partial charge in [0, 0.05) is 18.2 Å². The van der Waals surface area contributed by atoms with Crippen LogP contribution in [0.1, 0.15) is 16.1 Å². The van der Waals surface area contributed by atoms with Crippen molar-refractivity contribution in [1.82, 2.24) is 10.5 Å². The molecular formula is C20H17F3N2O5. The highest BCUT2D eigenvalue weighted by atomic mass is 19.4. The molecule has 1 aromatic heterocycles. The summed E-state index contributed by atoms with van der Waals surface area (Å²) < 4.78 is 57.2. The number of hydrogen-bond acceptors (Lipinski definition) is 6. The fourth-order valence-corrected chi connectivity index (χ4v) is 2.66. The molecule has 0 unspecified atom stereocenters. The van der Waals surface area contributed by atoms with Gasteiger partial charge in [0.15, 0.2) is 11.5 Å². The van der Waals surface area contributed by atoms with Crippen LogP contribution < -0.4 is 19.5 Å². The molecule has 1 N–H and O–H groups in total. The number of alkyl halides is 3. The minimum absolute atomic E-state index is 0.0518. The number of ether oxygens (including phenoxy) is 3. The van der Waals surface area contributed by atoms with E-state index in [9.17, 15) is 18.0 Å². The summed E-state index contributed by atoms with van der Waals surface area (Å²) in [6, 6.07) is 11.9. The van der Waals surface area contributed by atoms with E-state index in [-0.39, 0.29) is 23.6 Å². The van der Waals surface area contributed by atoms with Gasteiger partial charge in [0.1, 0.15) is 17.2 Å². The molecule has 0 aliphatic heterocycles. The first-order valence-corrected chi connectivity index (χ1v) is 8.61. The predicted octanol–water partition coefficient (Wildman–Crippen LogP) is 4.19. The van der Waals surface area contributed by atoms with Gasteiger partial charge in [0.05, 0.1) is 19.8 Å². The first-order valence-electron chi connectivity index (χ1n) is 8.61. The van der Waals surface area contributed by atoms with Crippen molar-refractivity contribution < 1.29 is 36.7 Å². The third-order valence-electron chi connectivity index (χ3n) is 4.05. The standard InChI is InChI=1S/C20H17F3N2O5/c1-27-13-7-8-17(28-2)14(9-13)18-10-15(25-30-18)19(26)24-11-12-5-3-4-6-16(12)29-20(21,22)23/h3-10H,11H2,1-2H3,(H,24,26). The van der Waals surface area contributed by atoms with Crippen LogP contribution in [0.4, 0.5) is 13.2 Å². The molecule has 7 nitrogen and oxygen atoms in total. The molecule has 3 aromatic rings. The number of halogens is 3. The van der Waals surface area contributed by atoms with E-state index in [4.69, 9.17) is 14.0 Å². The normalized spacial score (nSPS) is 11.1. The number of amides is 1. The van der Waals surface area contributed by atoms with E-state index >= 15 is 0 Å². The monoisotopic (exact) mass is 422 g/mol. The number of nitrogens with zero attached hydrogens (tertiary/aromatic N) is 1. The highest BCUT2D eigenvalue weighted by molar-refractivity contribution is 5.93. The van der Waals surface area contributed by atoms with Gasteiger partial charge < -0.3 is 24.1 Å². The number of nitrogens with one attached hydrogen (secondary N) is 1. The Balaban J connectivity index is 1.74. The van der Waals surface area contributed by atoms with Crippen molar-refractivity contribution in [1.29, 1.82) is 0 Å². The summed E-state index contributed by atoms with van der Waals surface area (Å²) in [5.41, 5.74) is 0.623. The van der Waals surface area contributed by atoms with E-state index in [0.29, 0.717) is 17.1 Å². The Kier molecular flexibility index (Phi) is 6.14. The average molecular weight is 422 g/mol. The zero-order chi connectivity index (χ0) is 21.7. The number of benzene rings is 2. The van der Waals surface area contributed by atoms with Gasteiger partial charge in [-0.05, 0) is 24.3 Å². The molecule has 0 saturated carbocycles. The van der Waals surface area contributed by atoms with Crippen LogP contribution >= 0.6 is 0 Å². The van der Waals surface area contributed by atoms with E-state index in [0.717, 1.165) is 6.07 Å². The summed E-state index contributed by atoms with van der Waals surface area (Å²) in [6.45, 7) is -0.199. The average Bonchev–Trinajstić information content (AvgIpc) is 3.21. The number of carbonyl (C=O) groups excluding carboxylic acids is 1. The highest BCUT2D eigenvalue weighted by Crippen LogP contribution is 2.33. The summed E-state index contributed by atoms with van der Waals surface area (Å²) in [7, 11) is 2.99. The Morgan fingerprint density at radius 1 is 1.07 bits per heavy atom. The fraction of sp³-hybridized carbons (Fsp3) is 0.200. The van der Waals surface area contributed by atoms with Gasteiger partial charge in [-0.25, -0.2) is 0 Å². The van der Waals surface area contributed by atoms with Crippen molar-refractivity contribution in [3.8, 4) is 28.6 Å². The molecule has 0 aliphatic carbocycles. The summed E-state index contributed by atoms with van der Waals surface area (Å²) in [5.74, 6) is 0.268. The molecule has 2 aromatic carbocycles. The molecule has 158 valence electrons. The molecule has 0 radical (unpaired) electrons. The molecule has 3 rings (SSSR count). The van der Waals surface area contributed by atoms with E-state index in [2.05, 4.69) is 15.2 Å². The van der Waals surface area contributed by atoms with Gasteiger partial charge in [-0.1, -0.05) is 23.4 Å². The van der Waals surface area contributed by atoms with Crippen LogP contribution in [0.3, 0.4) is 0 Å². The molecule has 0 saturated heterocycles. The van der Waals surface area contributed by atoms with E-state index in [1.807, 2.05) is 0 Å². The van der Waals surface area contributed by atoms with Crippen molar-refractivity contribution >= 4 is 5.91 Å². The third kappa shape index (κ3) is 5.02. The van der Waals surface area contributed by atoms with Gasteiger partial charge in [-0.3, -0.25) is 4.79 Å². The second kappa shape index (κ2) is 8.76. The molecule has 1 heterocycles. The number of rotatable bonds is 7. The summed E-state index contributed by atoms with van der Waals surface area (Å²) in [4.78, 5) is 12.4. The number of aromatic nitrogens is 1. The van der Waals surface area contributed by atoms with Crippen LogP contribution in [0, 0.1) is 0 Å². The van der Waals surface area contributed by atoms with Crippen molar-refractivity contribution in [3.63, 3.8) is 0 Å². The summed E-state index contributed by atoms with van der Waals surface area (Å²) in [6.07, 6.45) is -4.84. The second-order valence-corrected chi connectivity index (χ2v) is 5.98. The molecule has 0 spiro atoms. The van der Waals surface area contributed by atoms with Gasteiger partial charge in [0.2, 0.25) is 0 Å². The Hall–Kier alpha value is -3.69. The zero-order valence-electron chi connectivity index (χ0n) is 15.9. The van der Waals surface area contributed by atoms with Gasteiger partial charge in [0.25, 0.3) is 5.91 Å². The molecule has 0 fully saturated rings. The van der Waals surface area contributed by atoms with Crippen LogP contribution in [-0.4, -0.2) is 31.6 Å². The zero-order valence-corrected chi connectivity index (χ0v) is 15.9. The summed E-state index contributed by atoms with van der Waals surface area (Å²) >= 11 is 0. The molecule has 30 heavy (non-hydrogen) atoms. The Bertz CT molecular complexity index is 1030. The van der Waals surface area contributed by atoms with Crippen molar-refractivity contribution in [2.45, 2.75) is 12.9 Å². The quantitative estimate of drug-likeness (QED) is 0.615. The molecule has 1 amide bonds. The van der Waals surface area contributed by atoms with Gasteiger partial charge >= 0.3 is 6.36 Å². The number of hydrogen-bond donors (Lipinski definition) is 1. The Morgan fingerprint density at radius 3 is 2.53 bits per heavy atom. The van der Waals surface area contributed by atoms with E-state index in [1.54, 1.807) is 18.2 Å². The maximum Gasteiger partial charge on any atom is 0.573 e.